The summed E-state index contributed by atoms with van der Waals surface area (Å²) < 4.78 is 0. The Balaban J connectivity index is 1.46. The second kappa shape index (κ2) is 8.32. The molecule has 0 aliphatic carbocycles. The molecule has 0 bridgehead atoms. The zero-order valence-corrected chi connectivity index (χ0v) is 15.3. The molecule has 1 aromatic heterocycles. The van der Waals surface area contributed by atoms with Gasteiger partial charge in [-0.2, -0.15) is 0 Å². The van der Waals surface area contributed by atoms with Gasteiger partial charge in [-0.1, -0.05) is 29.8 Å². The summed E-state index contributed by atoms with van der Waals surface area (Å²) in [7, 11) is 2.06. The number of halogens is 1. The van der Waals surface area contributed by atoms with E-state index in [2.05, 4.69) is 23.0 Å². The summed E-state index contributed by atoms with van der Waals surface area (Å²) in [5.74, 6) is 1.34. The number of hydrogen-bond donors (Lipinski definition) is 1. The van der Waals surface area contributed by atoms with Crippen LogP contribution in [0.15, 0.2) is 48.7 Å². The Kier molecular flexibility index (Phi) is 5.89. The molecule has 2 heterocycles. The van der Waals surface area contributed by atoms with E-state index in [1.54, 1.807) is 0 Å². The van der Waals surface area contributed by atoms with Crippen LogP contribution in [-0.2, 0) is 11.3 Å². The van der Waals surface area contributed by atoms with Crippen LogP contribution in [0.5, 0.6) is 0 Å². The molecule has 1 aliphatic rings. The number of nitrogens with zero attached hydrogens (tertiary/aromatic N) is 2. The Morgan fingerprint density at radius 2 is 1.84 bits per heavy atom. The van der Waals surface area contributed by atoms with E-state index >= 15 is 0 Å². The van der Waals surface area contributed by atoms with E-state index in [1.165, 1.54) is 10.5 Å². The molecule has 0 radical (unpaired) electrons. The van der Waals surface area contributed by atoms with E-state index in [0.717, 1.165) is 43.6 Å². The van der Waals surface area contributed by atoms with Gasteiger partial charge in [-0.25, -0.2) is 4.98 Å². The van der Waals surface area contributed by atoms with Gasteiger partial charge < -0.3 is 9.80 Å². The molecule has 1 saturated heterocycles. The number of aromatic nitrogens is 1. The number of nitrogens with one attached hydrogen (secondary N) is 2. The Morgan fingerprint density at radius 1 is 1.12 bits per heavy atom. The lowest BCUT2D eigenvalue weighted by molar-refractivity contribution is -0.885. The fraction of sp³-hybridized carbons (Fsp3) is 0.368. The summed E-state index contributed by atoms with van der Waals surface area (Å²) in [4.78, 5) is 21.3. The van der Waals surface area contributed by atoms with E-state index in [-0.39, 0.29) is 5.91 Å². The van der Waals surface area contributed by atoms with Gasteiger partial charge in [0.1, 0.15) is 19.6 Å². The molecule has 5 nitrogen and oxygen atoms in total. The van der Waals surface area contributed by atoms with Crippen LogP contribution in [0.1, 0.15) is 5.56 Å². The maximum atomic E-state index is 12.6. The molecular formula is C19H25ClN4O+2. The second-order valence-corrected chi connectivity index (χ2v) is 6.99. The SMILES string of the molecule is C[NH+](CC(=O)N1CCN(c2cccc[nH+]2)CC1)Cc1ccc(Cl)cc1. The number of amides is 1. The van der Waals surface area contributed by atoms with E-state index in [0.29, 0.717) is 6.54 Å². The van der Waals surface area contributed by atoms with Gasteiger partial charge >= 0.3 is 0 Å². The summed E-state index contributed by atoms with van der Waals surface area (Å²) >= 11 is 5.92. The van der Waals surface area contributed by atoms with E-state index in [1.807, 2.05) is 47.5 Å². The van der Waals surface area contributed by atoms with Crippen molar-refractivity contribution in [1.29, 1.82) is 0 Å². The highest BCUT2D eigenvalue weighted by Crippen LogP contribution is 2.10. The lowest BCUT2D eigenvalue weighted by atomic mass is 10.2. The van der Waals surface area contributed by atoms with Crippen molar-refractivity contribution in [2.45, 2.75) is 6.54 Å². The molecule has 25 heavy (non-hydrogen) atoms. The largest absolute Gasteiger partial charge is 0.330 e. The maximum Gasteiger partial charge on any atom is 0.278 e. The van der Waals surface area contributed by atoms with Crippen LogP contribution < -0.4 is 14.8 Å². The zero-order valence-electron chi connectivity index (χ0n) is 14.5. The first-order valence-electron chi connectivity index (χ1n) is 8.67. The molecular weight excluding hydrogens is 336 g/mol. The zero-order chi connectivity index (χ0) is 17.6. The Labute approximate surface area is 153 Å². The van der Waals surface area contributed by atoms with Gasteiger partial charge in [-0.05, 0) is 18.2 Å². The monoisotopic (exact) mass is 360 g/mol. The van der Waals surface area contributed by atoms with Gasteiger partial charge in [0.15, 0.2) is 6.54 Å². The number of aromatic amines is 1. The highest BCUT2D eigenvalue weighted by atomic mass is 35.5. The Hall–Kier alpha value is -2.11. The van der Waals surface area contributed by atoms with Crippen molar-refractivity contribution in [3.05, 3.63) is 59.2 Å². The van der Waals surface area contributed by atoms with Crippen molar-refractivity contribution < 1.29 is 14.7 Å². The quantitative estimate of drug-likeness (QED) is 0.844. The standard InChI is InChI=1S/C19H23ClN4O/c1-22(14-16-5-7-17(20)8-6-16)15-19(25)24-12-10-23(11-13-24)18-4-2-3-9-21-18/h2-9H,10-15H2,1H3/p+2. The van der Waals surface area contributed by atoms with Gasteiger partial charge in [0, 0.05) is 16.7 Å². The number of carbonyl (C=O) groups is 1. The summed E-state index contributed by atoms with van der Waals surface area (Å²) in [5.41, 5.74) is 1.19. The van der Waals surface area contributed by atoms with Crippen LogP contribution in [0, 0.1) is 0 Å². The third-order valence-electron chi connectivity index (χ3n) is 4.54. The number of likely N-dealkylation sites (N-methyl/N-ethyl adjacent to an activating group) is 1. The summed E-state index contributed by atoms with van der Waals surface area (Å²) in [6.45, 7) is 4.61. The number of rotatable bonds is 5. The molecule has 1 aromatic carbocycles. The third-order valence-corrected chi connectivity index (χ3v) is 4.79. The van der Waals surface area contributed by atoms with Crippen molar-refractivity contribution in [3.8, 4) is 0 Å². The van der Waals surface area contributed by atoms with Crippen molar-refractivity contribution >= 4 is 23.3 Å². The number of quaternary nitrogens is 1. The van der Waals surface area contributed by atoms with Crippen LogP contribution in [0.4, 0.5) is 5.82 Å². The lowest BCUT2D eigenvalue weighted by Crippen LogP contribution is -3.09. The molecule has 1 aliphatic heterocycles. The minimum Gasteiger partial charge on any atom is -0.330 e. The van der Waals surface area contributed by atoms with E-state index in [9.17, 15) is 4.79 Å². The predicted molar refractivity (Wildman–Crippen MR) is 98.7 cm³/mol. The smallest absolute Gasteiger partial charge is 0.278 e. The Morgan fingerprint density at radius 3 is 2.48 bits per heavy atom. The summed E-state index contributed by atoms with van der Waals surface area (Å²) in [6, 6.07) is 13.9. The van der Waals surface area contributed by atoms with Crippen LogP contribution in [-0.4, -0.2) is 50.6 Å². The minimum absolute atomic E-state index is 0.225. The topological polar surface area (TPSA) is 42.1 Å². The number of benzene rings is 1. The van der Waals surface area contributed by atoms with E-state index in [4.69, 9.17) is 11.6 Å². The van der Waals surface area contributed by atoms with Crippen LogP contribution >= 0.6 is 11.6 Å². The molecule has 1 unspecified atom stereocenters. The fourth-order valence-corrected chi connectivity index (χ4v) is 3.29. The highest BCUT2D eigenvalue weighted by Gasteiger charge is 2.27. The first kappa shape index (κ1) is 17.7. The summed E-state index contributed by atoms with van der Waals surface area (Å²) in [5, 5.41) is 0.742. The van der Waals surface area contributed by atoms with Crippen molar-refractivity contribution in [1.82, 2.24) is 4.90 Å². The number of H-pyrrole nitrogens is 1. The summed E-state index contributed by atoms with van der Waals surface area (Å²) in [6.07, 6.45) is 1.93. The molecule has 2 N–H and O–H groups in total. The van der Waals surface area contributed by atoms with Gasteiger partial charge in [0.2, 0.25) is 0 Å². The third kappa shape index (κ3) is 4.94. The molecule has 0 spiro atoms. The van der Waals surface area contributed by atoms with Gasteiger partial charge in [-0.3, -0.25) is 9.69 Å². The second-order valence-electron chi connectivity index (χ2n) is 6.55. The number of pyridine rings is 1. The molecule has 1 fully saturated rings. The molecule has 132 valence electrons. The van der Waals surface area contributed by atoms with Gasteiger partial charge in [0.25, 0.3) is 11.7 Å². The normalized spacial score (nSPS) is 15.9. The number of anilines is 1. The molecule has 1 amide bonds. The average Bonchev–Trinajstić information content (AvgIpc) is 2.64. The molecule has 2 aromatic rings. The first-order valence-corrected chi connectivity index (χ1v) is 9.05. The van der Waals surface area contributed by atoms with Gasteiger partial charge in [-0.15, -0.1) is 0 Å². The van der Waals surface area contributed by atoms with Crippen LogP contribution in [0.2, 0.25) is 5.02 Å². The lowest BCUT2D eigenvalue weighted by Gasteiger charge is -2.31. The van der Waals surface area contributed by atoms with Crippen molar-refractivity contribution in [2.24, 2.45) is 0 Å². The predicted octanol–water partition coefficient (Wildman–Crippen LogP) is 0.518. The number of hydrogen-bond acceptors (Lipinski definition) is 2. The van der Waals surface area contributed by atoms with Crippen molar-refractivity contribution in [3.63, 3.8) is 0 Å². The number of piperazine rings is 1. The highest BCUT2D eigenvalue weighted by molar-refractivity contribution is 6.30. The molecule has 1 atom stereocenters. The average molecular weight is 361 g/mol. The van der Waals surface area contributed by atoms with Crippen molar-refractivity contribution in [2.75, 3.05) is 44.7 Å². The molecule has 3 rings (SSSR count). The fourth-order valence-electron chi connectivity index (χ4n) is 3.16. The van der Waals surface area contributed by atoms with E-state index < -0.39 is 0 Å². The maximum absolute atomic E-state index is 12.6. The van der Waals surface area contributed by atoms with Gasteiger partial charge in [0.05, 0.1) is 26.3 Å². The Bertz CT molecular complexity index is 684. The molecule has 6 heteroatoms. The minimum atomic E-state index is 0.225. The van der Waals surface area contributed by atoms with Crippen LogP contribution in [0.25, 0.3) is 0 Å². The van der Waals surface area contributed by atoms with Crippen LogP contribution in [0.3, 0.4) is 0 Å². The first-order chi connectivity index (χ1) is 12.1. The number of carbonyl (C=O) groups excluding carboxylic acids is 1. The molecule has 0 saturated carbocycles.